The lowest BCUT2D eigenvalue weighted by molar-refractivity contribution is 0.173. The molecule has 0 aromatic rings. The SMILES string of the molecule is CC(C)(C)C/C=C\CC(C)(C)C.CC(C)(C)C/C=C\CCC(C)(C)C.CC(C)(C)CC(C)(C)C.CC(C)(C)CCC(C)(C)CC(C)(C)C.CC(C)(C)CCCC(C)(C)C. The second-order valence-corrected chi connectivity index (χ2v) is 31.6. The zero-order valence-electron chi connectivity index (χ0n) is 48.3. The van der Waals surface area contributed by atoms with Crippen molar-refractivity contribution in [3.63, 3.8) is 0 Å². The molecule has 0 bridgehead atoms. The highest BCUT2D eigenvalue weighted by molar-refractivity contribution is 4.89. The molecule has 0 rings (SSSR count). The first-order chi connectivity index (χ1) is 25.2. The van der Waals surface area contributed by atoms with Crippen LogP contribution in [0.4, 0.5) is 0 Å². The van der Waals surface area contributed by atoms with E-state index in [1.165, 1.54) is 77.0 Å². The predicted octanol–water partition coefficient (Wildman–Crippen LogP) is 22.2. The highest BCUT2D eigenvalue weighted by atomic mass is 14.3. The first-order valence-electron chi connectivity index (χ1n) is 24.5. The first kappa shape index (κ1) is 67.6. The fourth-order valence-electron chi connectivity index (χ4n) is 6.92. The van der Waals surface area contributed by atoms with E-state index in [0.29, 0.717) is 59.6 Å². The topological polar surface area (TPSA) is 0 Å². The average molecular weight is 834 g/mol. The maximum absolute atomic E-state index is 2.41. The van der Waals surface area contributed by atoms with Gasteiger partial charge in [-0.25, -0.2) is 0 Å². The van der Waals surface area contributed by atoms with Gasteiger partial charge in [0.1, 0.15) is 0 Å². The lowest BCUT2D eigenvalue weighted by Crippen LogP contribution is -2.22. The summed E-state index contributed by atoms with van der Waals surface area (Å²) < 4.78 is 0. The Hall–Kier alpha value is -0.520. The van der Waals surface area contributed by atoms with Crippen LogP contribution in [-0.4, -0.2) is 0 Å². The van der Waals surface area contributed by atoms with Crippen molar-refractivity contribution < 1.29 is 0 Å². The summed E-state index contributed by atoms with van der Waals surface area (Å²) in [5, 5.41) is 0. The Morgan fingerprint density at radius 1 is 0.220 bits per heavy atom. The third-order valence-electron chi connectivity index (χ3n) is 9.06. The van der Waals surface area contributed by atoms with Gasteiger partial charge in [-0.3, -0.25) is 0 Å². The van der Waals surface area contributed by atoms with E-state index < -0.39 is 0 Å². The monoisotopic (exact) mass is 833 g/mol. The lowest BCUT2D eigenvalue weighted by Gasteiger charge is -2.34. The van der Waals surface area contributed by atoms with E-state index in [9.17, 15) is 0 Å². The molecule has 0 heterocycles. The number of hydrogen-bond donors (Lipinski definition) is 0. The Balaban J connectivity index is -0.000000207. The van der Waals surface area contributed by atoms with Gasteiger partial charge < -0.3 is 0 Å². The standard InChI is InChI=1S/C14H30.C13H26.C12H24.C11H24.C9H20/c1-12(2,3)9-10-14(7,8)11-13(4,5)6;1-12(2,3)10-8-7-9-11-13(4,5)6;1-11(2,3)9-7-8-10-12(4,5)6;1-10(2,3)8-7-9-11(4,5)6;1-8(2,3)7-9(4,5)6/h9-11H2,1-8H3;7-8H,9-11H2,1-6H3;7-8H,9-10H2,1-6H3;7-9H2,1-6H3;7H2,1-6H3/b;2*8-7-;;. The zero-order valence-corrected chi connectivity index (χ0v) is 48.3. The van der Waals surface area contributed by atoms with Crippen LogP contribution in [-0.2, 0) is 0 Å². The van der Waals surface area contributed by atoms with Crippen molar-refractivity contribution in [2.24, 2.45) is 59.6 Å². The maximum Gasteiger partial charge on any atom is -0.0302 e. The van der Waals surface area contributed by atoms with E-state index in [2.05, 4.69) is 246 Å². The fraction of sp³-hybridized carbons (Fsp3) is 0.932. The molecule has 0 unspecified atom stereocenters. The van der Waals surface area contributed by atoms with Crippen LogP contribution in [0.25, 0.3) is 0 Å². The van der Waals surface area contributed by atoms with Gasteiger partial charge in [-0.2, -0.15) is 0 Å². The molecule has 360 valence electrons. The van der Waals surface area contributed by atoms with E-state index in [4.69, 9.17) is 0 Å². The van der Waals surface area contributed by atoms with Gasteiger partial charge in [-0.1, -0.05) is 252 Å². The van der Waals surface area contributed by atoms with Crippen molar-refractivity contribution in [2.75, 3.05) is 0 Å². The van der Waals surface area contributed by atoms with Crippen LogP contribution in [0.1, 0.15) is 299 Å². The highest BCUT2D eigenvalue weighted by Crippen LogP contribution is 2.39. The molecule has 0 aliphatic heterocycles. The Morgan fingerprint density at radius 3 is 0.678 bits per heavy atom. The van der Waals surface area contributed by atoms with Crippen LogP contribution in [0.5, 0.6) is 0 Å². The Labute approximate surface area is 381 Å². The van der Waals surface area contributed by atoms with E-state index in [1.807, 2.05) is 0 Å². The van der Waals surface area contributed by atoms with Crippen LogP contribution in [0.3, 0.4) is 0 Å². The summed E-state index contributed by atoms with van der Waals surface area (Å²) in [7, 11) is 0. The third kappa shape index (κ3) is 85.5. The Bertz CT molecular complexity index is 986. The van der Waals surface area contributed by atoms with Crippen LogP contribution < -0.4 is 0 Å². The van der Waals surface area contributed by atoms with E-state index >= 15 is 0 Å². The molecule has 0 heteroatoms. The van der Waals surface area contributed by atoms with Crippen molar-refractivity contribution in [2.45, 2.75) is 299 Å². The third-order valence-corrected chi connectivity index (χ3v) is 9.06. The molecule has 0 aromatic carbocycles. The van der Waals surface area contributed by atoms with E-state index in [1.54, 1.807) is 0 Å². The van der Waals surface area contributed by atoms with Crippen molar-refractivity contribution in [3.8, 4) is 0 Å². The van der Waals surface area contributed by atoms with Gasteiger partial charge in [0, 0.05) is 0 Å². The van der Waals surface area contributed by atoms with Crippen LogP contribution in [0.15, 0.2) is 24.3 Å². The fourth-order valence-corrected chi connectivity index (χ4v) is 6.92. The number of allylic oxidation sites excluding steroid dienone is 4. The molecule has 59 heavy (non-hydrogen) atoms. The summed E-state index contributed by atoms with van der Waals surface area (Å²) in [6, 6.07) is 0. The van der Waals surface area contributed by atoms with Crippen LogP contribution in [0.2, 0.25) is 0 Å². The van der Waals surface area contributed by atoms with Crippen molar-refractivity contribution in [1.29, 1.82) is 0 Å². The molecule has 0 saturated heterocycles. The van der Waals surface area contributed by atoms with Gasteiger partial charge in [0.15, 0.2) is 0 Å². The predicted molar refractivity (Wildman–Crippen MR) is 282 cm³/mol. The smallest absolute Gasteiger partial charge is 0.0302 e. The summed E-state index contributed by atoms with van der Waals surface area (Å²) >= 11 is 0. The Kier molecular flexibility index (Phi) is 31.6. The second kappa shape index (κ2) is 27.6. The molecule has 0 radical (unpaired) electrons. The zero-order chi connectivity index (χ0) is 48.8. The highest BCUT2D eigenvalue weighted by Gasteiger charge is 2.27. The lowest BCUT2D eigenvalue weighted by atomic mass is 9.71. The van der Waals surface area contributed by atoms with Gasteiger partial charge in [-0.05, 0) is 130 Å². The quantitative estimate of drug-likeness (QED) is 0.192. The molecule has 0 N–H and O–H groups in total. The van der Waals surface area contributed by atoms with Gasteiger partial charge in [-0.15, -0.1) is 0 Å². The summed E-state index contributed by atoms with van der Waals surface area (Å²) in [4.78, 5) is 0. The summed E-state index contributed by atoms with van der Waals surface area (Å²) in [6.07, 6.45) is 24.7. The molecule has 0 amide bonds. The van der Waals surface area contributed by atoms with Crippen molar-refractivity contribution >= 4 is 0 Å². The van der Waals surface area contributed by atoms with Crippen molar-refractivity contribution in [1.82, 2.24) is 0 Å². The number of hydrogen-bond acceptors (Lipinski definition) is 0. The molecule has 0 atom stereocenters. The summed E-state index contributed by atoms with van der Waals surface area (Å²) in [6.45, 7) is 73.8. The van der Waals surface area contributed by atoms with Gasteiger partial charge in [0.25, 0.3) is 0 Å². The molecule has 0 saturated carbocycles. The molecule has 0 nitrogen and oxygen atoms in total. The van der Waals surface area contributed by atoms with E-state index in [-0.39, 0.29) is 0 Å². The second-order valence-electron chi connectivity index (χ2n) is 31.6. The minimum absolute atomic E-state index is 0.439. The summed E-state index contributed by atoms with van der Waals surface area (Å²) in [5.74, 6) is 0. The van der Waals surface area contributed by atoms with Crippen LogP contribution in [0, 0.1) is 59.6 Å². The maximum atomic E-state index is 2.41. The van der Waals surface area contributed by atoms with Gasteiger partial charge in [0.2, 0.25) is 0 Å². The Morgan fingerprint density at radius 2 is 0.475 bits per heavy atom. The average Bonchev–Trinajstić information content (AvgIpc) is 2.84. The molecule has 0 fully saturated rings. The first-order valence-corrected chi connectivity index (χ1v) is 24.5. The molecule has 0 aromatic heterocycles. The largest absolute Gasteiger partial charge is 0.0885 e. The van der Waals surface area contributed by atoms with Crippen molar-refractivity contribution in [3.05, 3.63) is 24.3 Å². The molecular formula is C59H124. The van der Waals surface area contributed by atoms with E-state index in [0.717, 1.165) is 0 Å². The molecule has 0 aliphatic rings. The minimum atomic E-state index is 0.439. The van der Waals surface area contributed by atoms with Gasteiger partial charge in [0.05, 0.1) is 0 Å². The molecular weight excluding hydrogens is 709 g/mol. The molecule has 0 aliphatic carbocycles. The van der Waals surface area contributed by atoms with Crippen LogP contribution >= 0.6 is 0 Å². The normalized spacial score (nSPS) is 14.1. The minimum Gasteiger partial charge on any atom is -0.0885 e. The van der Waals surface area contributed by atoms with Gasteiger partial charge >= 0.3 is 0 Å². The number of rotatable bonds is 10. The summed E-state index contributed by atoms with van der Waals surface area (Å²) in [5.41, 5.74) is 5.24. The molecule has 0 spiro atoms.